The van der Waals surface area contributed by atoms with Gasteiger partial charge in [-0.05, 0) is 18.3 Å². The van der Waals surface area contributed by atoms with Gasteiger partial charge in [-0.1, -0.05) is 52.9 Å². The van der Waals surface area contributed by atoms with Crippen molar-refractivity contribution < 1.29 is 5.11 Å². The molecule has 0 aromatic carbocycles. The summed E-state index contributed by atoms with van der Waals surface area (Å²) >= 11 is 0. The highest BCUT2D eigenvalue weighted by Crippen LogP contribution is 2.15. The zero-order valence-corrected chi connectivity index (χ0v) is 9.55. The van der Waals surface area contributed by atoms with E-state index in [0.29, 0.717) is 12.5 Å². The molecule has 0 aromatic heterocycles. The van der Waals surface area contributed by atoms with Gasteiger partial charge in [-0.25, -0.2) is 0 Å². The van der Waals surface area contributed by atoms with Crippen molar-refractivity contribution in [1.29, 1.82) is 0 Å². The lowest BCUT2D eigenvalue weighted by Gasteiger charge is -2.10. The van der Waals surface area contributed by atoms with E-state index >= 15 is 0 Å². The molecule has 0 fully saturated rings. The second-order valence-electron chi connectivity index (χ2n) is 4.49. The Morgan fingerprint density at radius 3 is 2.08 bits per heavy atom. The number of aliphatic hydroxyl groups is 1. The molecular weight excluding hydrogens is 160 g/mol. The first-order valence-electron chi connectivity index (χ1n) is 5.81. The van der Waals surface area contributed by atoms with Crippen LogP contribution in [0.1, 0.15) is 59.3 Å². The minimum absolute atomic E-state index is 0.376. The molecule has 0 amide bonds. The predicted octanol–water partition coefficient (Wildman–Crippen LogP) is 3.61. The highest BCUT2D eigenvalue weighted by atomic mass is 16.3. The van der Waals surface area contributed by atoms with Crippen LogP contribution in [0, 0.1) is 11.8 Å². The fraction of sp³-hybridized carbons (Fsp3) is 1.00. The van der Waals surface area contributed by atoms with Crippen LogP contribution in [-0.2, 0) is 0 Å². The van der Waals surface area contributed by atoms with Crippen molar-refractivity contribution in [3.05, 3.63) is 0 Å². The van der Waals surface area contributed by atoms with Gasteiger partial charge in [0, 0.05) is 6.61 Å². The Balaban J connectivity index is 3.14. The molecule has 1 heteroatoms. The van der Waals surface area contributed by atoms with Gasteiger partial charge in [-0.2, -0.15) is 0 Å². The maximum Gasteiger partial charge on any atom is 0.0459 e. The van der Waals surface area contributed by atoms with Gasteiger partial charge in [0.2, 0.25) is 0 Å². The molecule has 0 aliphatic heterocycles. The lowest BCUT2D eigenvalue weighted by Crippen LogP contribution is -2.03. The molecule has 13 heavy (non-hydrogen) atoms. The first-order chi connectivity index (χ1) is 6.20. The molecule has 0 aliphatic carbocycles. The van der Waals surface area contributed by atoms with Crippen molar-refractivity contribution in [3.8, 4) is 0 Å². The number of hydrogen-bond donors (Lipinski definition) is 1. The van der Waals surface area contributed by atoms with Gasteiger partial charge < -0.3 is 5.11 Å². The summed E-state index contributed by atoms with van der Waals surface area (Å²) in [6.45, 7) is 7.10. The SMILES string of the molecule is CCC(CO)CCCCCC(C)C. The fourth-order valence-corrected chi connectivity index (χ4v) is 1.59. The third kappa shape index (κ3) is 8.29. The quantitative estimate of drug-likeness (QED) is 0.574. The summed E-state index contributed by atoms with van der Waals surface area (Å²) in [6, 6.07) is 0. The molecule has 1 unspecified atom stereocenters. The molecule has 0 radical (unpaired) electrons. The lowest BCUT2D eigenvalue weighted by molar-refractivity contribution is 0.211. The van der Waals surface area contributed by atoms with Gasteiger partial charge in [-0.15, -0.1) is 0 Å². The van der Waals surface area contributed by atoms with Crippen LogP contribution in [-0.4, -0.2) is 11.7 Å². The summed E-state index contributed by atoms with van der Waals surface area (Å²) in [4.78, 5) is 0. The number of unbranched alkanes of at least 4 members (excludes halogenated alkanes) is 2. The monoisotopic (exact) mass is 186 g/mol. The molecule has 1 atom stereocenters. The number of rotatable bonds is 8. The Morgan fingerprint density at radius 1 is 1.00 bits per heavy atom. The van der Waals surface area contributed by atoms with Crippen LogP contribution in [0.4, 0.5) is 0 Å². The molecule has 0 bridgehead atoms. The highest BCUT2D eigenvalue weighted by Gasteiger charge is 2.03. The van der Waals surface area contributed by atoms with Crippen molar-refractivity contribution in [2.24, 2.45) is 11.8 Å². The summed E-state index contributed by atoms with van der Waals surface area (Å²) < 4.78 is 0. The molecule has 0 aliphatic rings. The predicted molar refractivity (Wildman–Crippen MR) is 58.8 cm³/mol. The molecule has 0 heterocycles. The topological polar surface area (TPSA) is 20.2 Å². The Bertz CT molecular complexity index is 95.3. The molecule has 0 spiro atoms. The first kappa shape index (κ1) is 13.0. The van der Waals surface area contributed by atoms with Gasteiger partial charge in [-0.3, -0.25) is 0 Å². The van der Waals surface area contributed by atoms with Crippen molar-refractivity contribution >= 4 is 0 Å². The summed E-state index contributed by atoms with van der Waals surface area (Å²) in [6.07, 6.45) is 7.70. The van der Waals surface area contributed by atoms with Crippen molar-refractivity contribution in [2.45, 2.75) is 59.3 Å². The maximum atomic E-state index is 8.97. The Kier molecular flexibility index (Phi) is 8.53. The van der Waals surface area contributed by atoms with E-state index in [0.717, 1.165) is 12.3 Å². The van der Waals surface area contributed by atoms with Crippen LogP contribution in [0.3, 0.4) is 0 Å². The molecule has 0 saturated carbocycles. The van der Waals surface area contributed by atoms with Gasteiger partial charge in [0.1, 0.15) is 0 Å². The van der Waals surface area contributed by atoms with Gasteiger partial charge in [0.05, 0.1) is 0 Å². The van der Waals surface area contributed by atoms with Crippen LogP contribution in [0.15, 0.2) is 0 Å². The van der Waals surface area contributed by atoms with E-state index in [4.69, 9.17) is 5.11 Å². The number of hydrogen-bond acceptors (Lipinski definition) is 1. The third-order valence-electron chi connectivity index (χ3n) is 2.73. The molecule has 1 nitrogen and oxygen atoms in total. The zero-order chi connectivity index (χ0) is 10.1. The Morgan fingerprint density at radius 2 is 1.62 bits per heavy atom. The van der Waals surface area contributed by atoms with Crippen LogP contribution in [0.2, 0.25) is 0 Å². The van der Waals surface area contributed by atoms with E-state index in [9.17, 15) is 0 Å². The van der Waals surface area contributed by atoms with E-state index in [2.05, 4.69) is 20.8 Å². The molecular formula is C12H26O. The van der Waals surface area contributed by atoms with Crippen LogP contribution in [0.25, 0.3) is 0 Å². The smallest absolute Gasteiger partial charge is 0.0459 e. The standard InChI is InChI=1S/C12H26O/c1-4-12(10-13)9-7-5-6-8-11(2)3/h11-13H,4-10H2,1-3H3. The summed E-state index contributed by atoms with van der Waals surface area (Å²) in [5, 5.41) is 8.97. The van der Waals surface area contributed by atoms with E-state index < -0.39 is 0 Å². The first-order valence-corrected chi connectivity index (χ1v) is 5.81. The minimum Gasteiger partial charge on any atom is -0.396 e. The van der Waals surface area contributed by atoms with E-state index in [1.807, 2.05) is 0 Å². The van der Waals surface area contributed by atoms with Crippen LogP contribution in [0.5, 0.6) is 0 Å². The van der Waals surface area contributed by atoms with Gasteiger partial charge >= 0.3 is 0 Å². The minimum atomic E-state index is 0.376. The van der Waals surface area contributed by atoms with E-state index in [-0.39, 0.29) is 0 Å². The average Bonchev–Trinajstić information content (AvgIpc) is 2.11. The summed E-state index contributed by atoms with van der Waals surface area (Å²) in [5.41, 5.74) is 0. The zero-order valence-electron chi connectivity index (χ0n) is 9.55. The van der Waals surface area contributed by atoms with E-state index in [1.165, 1.54) is 32.1 Å². The number of aliphatic hydroxyl groups excluding tert-OH is 1. The lowest BCUT2D eigenvalue weighted by atomic mass is 9.98. The molecule has 0 rings (SSSR count). The highest BCUT2D eigenvalue weighted by molar-refractivity contribution is 4.56. The normalized spacial score (nSPS) is 13.6. The molecule has 1 N–H and O–H groups in total. The Hall–Kier alpha value is -0.0400. The second kappa shape index (κ2) is 8.55. The molecule has 0 aromatic rings. The van der Waals surface area contributed by atoms with Crippen molar-refractivity contribution in [2.75, 3.05) is 6.61 Å². The summed E-state index contributed by atoms with van der Waals surface area (Å²) in [5.74, 6) is 1.40. The Labute approximate surface area is 83.5 Å². The molecule has 0 saturated heterocycles. The van der Waals surface area contributed by atoms with Gasteiger partial charge in [0.25, 0.3) is 0 Å². The van der Waals surface area contributed by atoms with Crippen molar-refractivity contribution in [3.63, 3.8) is 0 Å². The van der Waals surface area contributed by atoms with E-state index in [1.54, 1.807) is 0 Å². The average molecular weight is 186 g/mol. The summed E-state index contributed by atoms with van der Waals surface area (Å²) in [7, 11) is 0. The maximum absolute atomic E-state index is 8.97. The van der Waals surface area contributed by atoms with Crippen LogP contribution < -0.4 is 0 Å². The van der Waals surface area contributed by atoms with Gasteiger partial charge in [0.15, 0.2) is 0 Å². The molecule has 80 valence electrons. The third-order valence-corrected chi connectivity index (χ3v) is 2.73. The fourth-order valence-electron chi connectivity index (χ4n) is 1.59. The second-order valence-corrected chi connectivity index (χ2v) is 4.49. The largest absolute Gasteiger partial charge is 0.396 e. The van der Waals surface area contributed by atoms with Crippen LogP contribution >= 0.6 is 0 Å². The van der Waals surface area contributed by atoms with Crippen molar-refractivity contribution in [1.82, 2.24) is 0 Å².